The van der Waals surface area contributed by atoms with E-state index < -0.39 is 23.4 Å². The maximum atomic E-state index is 12.5. The van der Waals surface area contributed by atoms with Crippen molar-refractivity contribution in [3.8, 4) is 6.07 Å². The van der Waals surface area contributed by atoms with Crippen molar-refractivity contribution in [1.82, 2.24) is 0 Å². The summed E-state index contributed by atoms with van der Waals surface area (Å²) in [6, 6.07) is 15.0. The predicted molar refractivity (Wildman–Crippen MR) is 107 cm³/mol. The van der Waals surface area contributed by atoms with Crippen molar-refractivity contribution in [2.24, 2.45) is 0 Å². The number of benzene rings is 2. The lowest BCUT2D eigenvalue weighted by molar-refractivity contribution is -0.384. The second kappa shape index (κ2) is 10.4. The van der Waals surface area contributed by atoms with Gasteiger partial charge in [0.05, 0.1) is 17.4 Å². The van der Waals surface area contributed by atoms with Crippen LogP contribution >= 0.6 is 0 Å². The van der Waals surface area contributed by atoms with E-state index >= 15 is 0 Å². The fourth-order valence-electron chi connectivity index (χ4n) is 2.45. The van der Waals surface area contributed by atoms with Gasteiger partial charge in [-0.15, -0.1) is 0 Å². The molecule has 0 atom stereocenters. The molecule has 0 aromatic heterocycles. The Labute approximate surface area is 167 Å². The molecule has 0 saturated heterocycles. The fraction of sp³-hybridized carbons (Fsp3) is 0.190. The number of nitro groups is 1. The van der Waals surface area contributed by atoms with Gasteiger partial charge in [0.15, 0.2) is 6.61 Å². The third-order valence-corrected chi connectivity index (χ3v) is 3.92. The van der Waals surface area contributed by atoms with Crippen molar-refractivity contribution in [1.29, 1.82) is 5.26 Å². The zero-order valence-electron chi connectivity index (χ0n) is 15.8. The number of carbonyl (C=O) groups is 2. The lowest BCUT2D eigenvalue weighted by Gasteiger charge is -2.21. The average molecular weight is 393 g/mol. The van der Waals surface area contributed by atoms with E-state index in [1.807, 2.05) is 25.1 Å². The number of esters is 1. The molecule has 0 N–H and O–H groups in total. The Kier molecular flexibility index (Phi) is 7.62. The van der Waals surface area contributed by atoms with Crippen LogP contribution in [0.3, 0.4) is 0 Å². The summed E-state index contributed by atoms with van der Waals surface area (Å²) in [4.78, 5) is 36.0. The molecular weight excluding hydrogens is 374 g/mol. The number of ether oxygens (including phenoxy) is 1. The summed E-state index contributed by atoms with van der Waals surface area (Å²) < 4.78 is 4.98. The first-order valence-electron chi connectivity index (χ1n) is 8.74. The van der Waals surface area contributed by atoms with E-state index in [-0.39, 0.29) is 18.7 Å². The molecule has 29 heavy (non-hydrogen) atoms. The van der Waals surface area contributed by atoms with Crippen LogP contribution < -0.4 is 4.90 Å². The number of nitrogens with zero attached hydrogens (tertiary/aromatic N) is 3. The molecule has 0 aliphatic carbocycles. The van der Waals surface area contributed by atoms with Crippen LogP contribution in [-0.4, -0.2) is 30.0 Å². The van der Waals surface area contributed by atoms with E-state index in [0.717, 1.165) is 11.6 Å². The van der Waals surface area contributed by atoms with Crippen molar-refractivity contribution < 1.29 is 19.2 Å². The quantitative estimate of drug-likeness (QED) is 0.294. The van der Waals surface area contributed by atoms with E-state index in [0.29, 0.717) is 11.3 Å². The van der Waals surface area contributed by atoms with Crippen molar-refractivity contribution in [3.05, 3.63) is 75.8 Å². The number of hydrogen-bond acceptors (Lipinski definition) is 6. The van der Waals surface area contributed by atoms with Gasteiger partial charge in [-0.25, -0.2) is 4.79 Å². The molecule has 0 bridgehead atoms. The van der Waals surface area contributed by atoms with Gasteiger partial charge in [0.1, 0.15) is 0 Å². The Hall–Kier alpha value is -3.99. The molecule has 1 amide bonds. The Balaban J connectivity index is 1.98. The minimum Gasteiger partial charge on any atom is -0.452 e. The molecule has 8 nitrogen and oxygen atoms in total. The summed E-state index contributed by atoms with van der Waals surface area (Å²) in [5, 5.41) is 19.6. The van der Waals surface area contributed by atoms with E-state index in [2.05, 4.69) is 0 Å². The first-order valence-corrected chi connectivity index (χ1v) is 8.74. The fourth-order valence-corrected chi connectivity index (χ4v) is 2.45. The molecule has 0 aliphatic rings. The summed E-state index contributed by atoms with van der Waals surface area (Å²) in [5.41, 5.74) is 2.00. The Bertz CT molecular complexity index is 961. The minimum absolute atomic E-state index is 0.0954. The van der Waals surface area contributed by atoms with Crippen LogP contribution in [0.4, 0.5) is 11.4 Å². The van der Waals surface area contributed by atoms with Crippen LogP contribution in [0.5, 0.6) is 0 Å². The number of amides is 1. The van der Waals surface area contributed by atoms with Gasteiger partial charge in [0.25, 0.3) is 11.6 Å². The molecule has 0 saturated carbocycles. The summed E-state index contributed by atoms with van der Waals surface area (Å²) in [6.07, 6.45) is 2.60. The van der Waals surface area contributed by atoms with Crippen molar-refractivity contribution >= 4 is 29.3 Å². The number of carbonyl (C=O) groups excluding carboxylic acids is 2. The largest absolute Gasteiger partial charge is 0.452 e. The van der Waals surface area contributed by atoms with Crippen LogP contribution in [0.1, 0.15) is 17.5 Å². The molecule has 0 spiro atoms. The van der Waals surface area contributed by atoms with Gasteiger partial charge in [-0.2, -0.15) is 5.26 Å². The molecule has 0 radical (unpaired) electrons. The van der Waals surface area contributed by atoms with Crippen LogP contribution in [0.2, 0.25) is 0 Å². The SMILES string of the molecule is Cc1ccc(N(CCC#N)C(=O)COC(=O)/C=C/c2cccc([N+](=O)[O-])c2)cc1. The number of non-ortho nitro benzene ring substituents is 1. The summed E-state index contributed by atoms with van der Waals surface area (Å²) in [7, 11) is 0. The third-order valence-electron chi connectivity index (χ3n) is 3.92. The summed E-state index contributed by atoms with van der Waals surface area (Å²) >= 11 is 0. The molecule has 0 aliphatic heterocycles. The van der Waals surface area contributed by atoms with Gasteiger partial charge in [0, 0.05) is 30.4 Å². The van der Waals surface area contributed by atoms with Gasteiger partial charge in [-0.3, -0.25) is 14.9 Å². The molecule has 2 rings (SSSR count). The lowest BCUT2D eigenvalue weighted by Crippen LogP contribution is -2.35. The van der Waals surface area contributed by atoms with Gasteiger partial charge in [-0.1, -0.05) is 29.8 Å². The van der Waals surface area contributed by atoms with E-state index in [1.165, 1.54) is 29.2 Å². The second-order valence-corrected chi connectivity index (χ2v) is 6.08. The molecular formula is C21H19N3O5. The summed E-state index contributed by atoms with van der Waals surface area (Å²) in [6.45, 7) is 1.61. The zero-order chi connectivity index (χ0) is 21.2. The van der Waals surface area contributed by atoms with Gasteiger partial charge < -0.3 is 9.64 Å². The molecule has 0 unspecified atom stereocenters. The lowest BCUT2D eigenvalue weighted by atomic mass is 10.2. The maximum Gasteiger partial charge on any atom is 0.331 e. The second-order valence-electron chi connectivity index (χ2n) is 6.08. The maximum absolute atomic E-state index is 12.5. The van der Waals surface area contributed by atoms with E-state index in [1.54, 1.807) is 18.2 Å². The highest BCUT2D eigenvalue weighted by molar-refractivity contribution is 5.96. The summed E-state index contributed by atoms with van der Waals surface area (Å²) in [5.74, 6) is -1.21. The van der Waals surface area contributed by atoms with Crippen molar-refractivity contribution in [2.75, 3.05) is 18.1 Å². The number of nitriles is 1. The molecule has 0 heterocycles. The predicted octanol–water partition coefficient (Wildman–Crippen LogP) is 3.41. The number of aryl methyl sites for hydroxylation is 1. The monoisotopic (exact) mass is 393 g/mol. The highest BCUT2D eigenvalue weighted by Crippen LogP contribution is 2.16. The van der Waals surface area contributed by atoms with Crippen LogP contribution in [0, 0.1) is 28.4 Å². The average Bonchev–Trinajstić information content (AvgIpc) is 2.72. The topological polar surface area (TPSA) is 114 Å². The highest BCUT2D eigenvalue weighted by Gasteiger charge is 2.17. The van der Waals surface area contributed by atoms with Crippen molar-refractivity contribution in [2.45, 2.75) is 13.3 Å². The van der Waals surface area contributed by atoms with Crippen LogP contribution in [0.15, 0.2) is 54.6 Å². The Morgan fingerprint density at radius 2 is 1.97 bits per heavy atom. The normalized spacial score (nSPS) is 10.3. The van der Waals surface area contributed by atoms with Crippen molar-refractivity contribution in [3.63, 3.8) is 0 Å². The van der Waals surface area contributed by atoms with Crippen LogP contribution in [0.25, 0.3) is 6.08 Å². The molecule has 0 fully saturated rings. The van der Waals surface area contributed by atoms with Gasteiger partial charge in [-0.05, 0) is 30.7 Å². The first-order chi connectivity index (χ1) is 13.9. The smallest absolute Gasteiger partial charge is 0.331 e. The number of anilines is 1. The third kappa shape index (κ3) is 6.59. The number of rotatable bonds is 8. The Morgan fingerprint density at radius 3 is 2.62 bits per heavy atom. The number of hydrogen-bond donors (Lipinski definition) is 0. The first kappa shape index (κ1) is 21.3. The standard InChI is InChI=1S/C21H19N3O5/c1-16-6-9-18(10-7-16)23(13-3-12-22)20(25)15-29-21(26)11-8-17-4-2-5-19(14-17)24(27)28/h2,4-11,14H,3,13,15H2,1H3/b11-8+. The van der Waals surface area contributed by atoms with E-state index in [4.69, 9.17) is 10.00 Å². The molecule has 2 aromatic carbocycles. The van der Waals surface area contributed by atoms with Gasteiger partial charge in [0.2, 0.25) is 0 Å². The highest BCUT2D eigenvalue weighted by atomic mass is 16.6. The molecule has 148 valence electrons. The Morgan fingerprint density at radius 1 is 1.24 bits per heavy atom. The minimum atomic E-state index is -0.756. The number of nitro benzene ring substituents is 1. The van der Waals surface area contributed by atoms with Gasteiger partial charge >= 0.3 is 5.97 Å². The molecule has 8 heteroatoms. The van der Waals surface area contributed by atoms with E-state index in [9.17, 15) is 19.7 Å². The zero-order valence-corrected chi connectivity index (χ0v) is 15.8. The van der Waals surface area contributed by atoms with Crippen LogP contribution in [-0.2, 0) is 14.3 Å². The molecule has 2 aromatic rings.